The van der Waals surface area contributed by atoms with Crippen LogP contribution in [0.15, 0.2) is 54.6 Å². The first-order valence-electron chi connectivity index (χ1n) is 7.97. The number of carbonyl (C=O) groups excluding carboxylic acids is 2. The molecule has 0 spiro atoms. The van der Waals surface area contributed by atoms with Crippen molar-refractivity contribution in [2.45, 2.75) is 25.8 Å². The zero-order valence-electron chi connectivity index (χ0n) is 13.7. The van der Waals surface area contributed by atoms with Gasteiger partial charge in [0, 0.05) is 24.1 Å². The van der Waals surface area contributed by atoms with E-state index in [0.29, 0.717) is 30.8 Å². The zero-order valence-corrected chi connectivity index (χ0v) is 13.7. The fourth-order valence-corrected chi connectivity index (χ4v) is 2.13. The first-order valence-corrected chi connectivity index (χ1v) is 7.97. The van der Waals surface area contributed by atoms with Gasteiger partial charge < -0.3 is 15.8 Å². The van der Waals surface area contributed by atoms with Gasteiger partial charge in [0.2, 0.25) is 5.91 Å². The van der Waals surface area contributed by atoms with Crippen molar-refractivity contribution in [3.63, 3.8) is 0 Å². The molecule has 0 aliphatic rings. The van der Waals surface area contributed by atoms with E-state index in [4.69, 9.17) is 10.5 Å². The molecule has 24 heavy (non-hydrogen) atoms. The lowest BCUT2D eigenvalue weighted by molar-refractivity contribution is -0.117. The highest BCUT2D eigenvalue weighted by molar-refractivity contribution is 5.96. The van der Waals surface area contributed by atoms with Gasteiger partial charge in [-0.1, -0.05) is 25.1 Å². The minimum absolute atomic E-state index is 0.0983. The monoisotopic (exact) mass is 326 g/mol. The lowest BCUT2D eigenvalue weighted by atomic mass is 10.1. The molecule has 2 aromatic carbocycles. The van der Waals surface area contributed by atoms with Crippen molar-refractivity contribution in [2.24, 2.45) is 5.73 Å². The van der Waals surface area contributed by atoms with Crippen molar-refractivity contribution in [1.29, 1.82) is 0 Å². The molecule has 0 saturated carbocycles. The van der Waals surface area contributed by atoms with E-state index in [1.165, 1.54) is 0 Å². The Bertz CT molecular complexity index is 669. The number of Topliss-reactive ketones (excluding diaryl/α,β-unsaturated/α-hetero) is 1. The molecule has 126 valence electrons. The number of ether oxygens (including phenoxy) is 1. The van der Waals surface area contributed by atoms with Gasteiger partial charge in [-0.05, 0) is 36.4 Å². The van der Waals surface area contributed by atoms with Crippen LogP contribution in [0.1, 0.15) is 30.1 Å². The van der Waals surface area contributed by atoms with Gasteiger partial charge in [0.15, 0.2) is 5.78 Å². The lowest BCUT2D eigenvalue weighted by Gasteiger charge is -2.13. The topological polar surface area (TPSA) is 81.4 Å². The number of ketones is 1. The molecule has 2 rings (SSSR count). The fraction of sp³-hybridized carbons (Fsp3) is 0.263. The Morgan fingerprint density at radius 1 is 1.08 bits per heavy atom. The molecule has 1 atom stereocenters. The maximum atomic E-state index is 12.0. The Kier molecular flexibility index (Phi) is 6.51. The number of anilines is 1. The van der Waals surface area contributed by atoms with Crippen LogP contribution in [0.25, 0.3) is 0 Å². The molecule has 3 N–H and O–H groups in total. The van der Waals surface area contributed by atoms with Crippen LogP contribution in [0, 0.1) is 0 Å². The number of carbonyl (C=O) groups is 2. The van der Waals surface area contributed by atoms with Gasteiger partial charge in [0.1, 0.15) is 5.75 Å². The first-order chi connectivity index (χ1) is 11.6. The average molecular weight is 326 g/mol. The Labute approximate surface area is 141 Å². The van der Waals surface area contributed by atoms with E-state index in [1.807, 2.05) is 25.1 Å². The van der Waals surface area contributed by atoms with Crippen LogP contribution < -0.4 is 15.8 Å². The number of nitrogens with two attached hydrogens (primary N) is 1. The number of amides is 1. The van der Waals surface area contributed by atoms with Gasteiger partial charge in [-0.15, -0.1) is 0 Å². The van der Waals surface area contributed by atoms with Gasteiger partial charge >= 0.3 is 0 Å². The van der Waals surface area contributed by atoms with Crippen molar-refractivity contribution in [2.75, 3.05) is 11.9 Å². The second-order valence-corrected chi connectivity index (χ2v) is 5.40. The summed E-state index contributed by atoms with van der Waals surface area (Å²) in [5.74, 6) is 0.508. The number of nitrogens with one attached hydrogen (secondary N) is 1. The van der Waals surface area contributed by atoms with E-state index < -0.39 is 6.04 Å². The largest absolute Gasteiger partial charge is 0.494 e. The smallest absolute Gasteiger partial charge is 0.241 e. The molecule has 0 bridgehead atoms. The highest BCUT2D eigenvalue weighted by Crippen LogP contribution is 2.14. The summed E-state index contributed by atoms with van der Waals surface area (Å²) in [6, 6.07) is 15.5. The van der Waals surface area contributed by atoms with Gasteiger partial charge in [0.25, 0.3) is 0 Å². The zero-order chi connectivity index (χ0) is 17.4. The highest BCUT2D eigenvalue weighted by Gasteiger charge is 2.13. The Balaban J connectivity index is 1.76. The number of benzene rings is 2. The Hall–Kier alpha value is -2.66. The summed E-state index contributed by atoms with van der Waals surface area (Å²) in [5, 5.41) is 2.76. The fourth-order valence-electron chi connectivity index (χ4n) is 2.13. The minimum Gasteiger partial charge on any atom is -0.494 e. The van der Waals surface area contributed by atoms with Gasteiger partial charge in [-0.3, -0.25) is 9.59 Å². The molecule has 5 heteroatoms. The van der Waals surface area contributed by atoms with Gasteiger partial charge in [-0.25, -0.2) is 0 Å². The molecule has 0 aliphatic carbocycles. The van der Waals surface area contributed by atoms with Gasteiger partial charge in [-0.2, -0.15) is 0 Å². The standard InChI is InChI=1S/C19H22N2O3/c1-2-18(22)14-8-10-16(11-9-14)24-13-12-17(20)19(23)21-15-6-4-3-5-7-15/h3-11,17H,2,12-13,20H2,1H3,(H,21,23). The Morgan fingerprint density at radius 2 is 1.75 bits per heavy atom. The molecule has 1 unspecified atom stereocenters. The molecule has 0 radical (unpaired) electrons. The van der Waals surface area contributed by atoms with Crippen LogP contribution >= 0.6 is 0 Å². The van der Waals surface area contributed by atoms with Crippen LogP contribution in [-0.4, -0.2) is 24.3 Å². The quantitative estimate of drug-likeness (QED) is 0.731. The SMILES string of the molecule is CCC(=O)c1ccc(OCCC(N)C(=O)Nc2ccccc2)cc1. The molecular formula is C19H22N2O3. The van der Waals surface area contributed by atoms with E-state index in [9.17, 15) is 9.59 Å². The highest BCUT2D eigenvalue weighted by atomic mass is 16.5. The molecule has 0 aliphatic heterocycles. The van der Waals surface area contributed by atoms with E-state index in [2.05, 4.69) is 5.32 Å². The van der Waals surface area contributed by atoms with Crippen molar-refractivity contribution >= 4 is 17.4 Å². The normalized spacial score (nSPS) is 11.6. The number of hydrogen-bond donors (Lipinski definition) is 2. The molecule has 0 saturated heterocycles. The number of rotatable bonds is 8. The van der Waals surface area contributed by atoms with Crippen molar-refractivity contribution in [3.8, 4) is 5.75 Å². The summed E-state index contributed by atoms with van der Waals surface area (Å²) in [5.41, 5.74) is 7.26. The van der Waals surface area contributed by atoms with E-state index in [-0.39, 0.29) is 11.7 Å². The first kappa shape index (κ1) is 17.7. The maximum absolute atomic E-state index is 12.0. The van der Waals surface area contributed by atoms with Crippen LogP contribution in [0.4, 0.5) is 5.69 Å². The summed E-state index contributed by atoms with van der Waals surface area (Å²) in [6.07, 6.45) is 0.875. The van der Waals surface area contributed by atoms with Crippen molar-refractivity contribution in [1.82, 2.24) is 0 Å². The summed E-state index contributed by atoms with van der Waals surface area (Å²) in [7, 11) is 0. The molecule has 0 aromatic heterocycles. The minimum atomic E-state index is -0.647. The summed E-state index contributed by atoms with van der Waals surface area (Å²) in [4.78, 5) is 23.5. The third kappa shape index (κ3) is 5.21. The van der Waals surface area contributed by atoms with Gasteiger partial charge in [0.05, 0.1) is 12.6 Å². The molecule has 1 amide bonds. The molecular weight excluding hydrogens is 304 g/mol. The third-order valence-corrected chi connectivity index (χ3v) is 3.57. The lowest BCUT2D eigenvalue weighted by Crippen LogP contribution is -2.36. The summed E-state index contributed by atoms with van der Waals surface area (Å²) in [6.45, 7) is 2.15. The summed E-state index contributed by atoms with van der Waals surface area (Å²) < 4.78 is 5.57. The predicted octanol–water partition coefficient (Wildman–Crippen LogP) is 3.01. The molecule has 0 fully saturated rings. The van der Waals surface area contributed by atoms with Crippen molar-refractivity contribution in [3.05, 3.63) is 60.2 Å². The van der Waals surface area contributed by atoms with Crippen molar-refractivity contribution < 1.29 is 14.3 Å². The predicted molar refractivity (Wildman–Crippen MR) is 94.2 cm³/mol. The molecule has 0 heterocycles. The maximum Gasteiger partial charge on any atom is 0.241 e. The number of hydrogen-bond acceptors (Lipinski definition) is 4. The Morgan fingerprint density at radius 3 is 2.38 bits per heavy atom. The summed E-state index contributed by atoms with van der Waals surface area (Å²) >= 11 is 0. The van der Waals surface area contributed by atoms with E-state index in [1.54, 1.807) is 36.4 Å². The second-order valence-electron chi connectivity index (χ2n) is 5.40. The average Bonchev–Trinajstić information content (AvgIpc) is 2.62. The van der Waals surface area contributed by atoms with E-state index in [0.717, 1.165) is 5.69 Å². The number of para-hydroxylation sites is 1. The van der Waals surface area contributed by atoms with Crippen LogP contribution in [0.3, 0.4) is 0 Å². The van der Waals surface area contributed by atoms with Crippen LogP contribution in [0.2, 0.25) is 0 Å². The van der Waals surface area contributed by atoms with Crippen LogP contribution in [0.5, 0.6) is 5.75 Å². The second kappa shape index (κ2) is 8.84. The third-order valence-electron chi connectivity index (χ3n) is 3.57. The van der Waals surface area contributed by atoms with Crippen LogP contribution in [-0.2, 0) is 4.79 Å². The van der Waals surface area contributed by atoms with E-state index >= 15 is 0 Å². The molecule has 5 nitrogen and oxygen atoms in total. The molecule has 2 aromatic rings.